The average molecular weight is 476 g/mol. The number of nitrogens with one attached hydrogen (secondary N) is 3. The third-order valence-corrected chi connectivity index (χ3v) is 6.11. The van der Waals surface area contributed by atoms with Crippen molar-refractivity contribution < 1.29 is 4.74 Å². The molecule has 8 nitrogen and oxygen atoms in total. The molecule has 36 heavy (non-hydrogen) atoms. The van der Waals surface area contributed by atoms with Gasteiger partial charge in [0, 0.05) is 53.2 Å². The Balaban J connectivity index is 1.25. The van der Waals surface area contributed by atoms with Crippen LogP contribution in [0.3, 0.4) is 0 Å². The molecule has 0 saturated carbocycles. The molecule has 8 heteroatoms. The Labute approximate surface area is 208 Å². The quantitative estimate of drug-likeness (QED) is 0.281. The van der Waals surface area contributed by atoms with Gasteiger partial charge in [-0.1, -0.05) is 30.3 Å². The Kier molecular flexibility index (Phi) is 5.85. The number of rotatable bonds is 7. The number of anilines is 3. The molecule has 0 atom stereocenters. The number of aromatic amines is 1. The van der Waals surface area contributed by atoms with E-state index in [1.165, 1.54) is 0 Å². The highest BCUT2D eigenvalue weighted by molar-refractivity contribution is 5.70. The maximum atomic E-state index is 5.70. The Hall–Kier alpha value is -4.56. The molecule has 0 spiro atoms. The molecule has 1 aliphatic rings. The SMILES string of the molecule is Cc1cncc(CNc2cccc(-c3nc4c(c(Nc5ccc(-c6cn[nH]c6)cc5)n3)COC4)c2)c1. The number of nitrogens with zero attached hydrogens (tertiary/aromatic N) is 4. The van der Waals surface area contributed by atoms with Crippen molar-refractivity contribution in [2.75, 3.05) is 10.6 Å². The number of ether oxygens (including phenoxy) is 1. The van der Waals surface area contributed by atoms with Crippen LogP contribution in [0.25, 0.3) is 22.5 Å². The van der Waals surface area contributed by atoms with Crippen molar-refractivity contribution in [2.45, 2.75) is 26.7 Å². The molecule has 0 radical (unpaired) electrons. The molecule has 0 bridgehead atoms. The number of aromatic nitrogens is 5. The van der Waals surface area contributed by atoms with Gasteiger partial charge in [-0.05, 0) is 47.9 Å². The monoisotopic (exact) mass is 475 g/mol. The van der Waals surface area contributed by atoms with Crippen molar-refractivity contribution in [3.63, 3.8) is 0 Å². The van der Waals surface area contributed by atoms with Gasteiger partial charge in [0.1, 0.15) is 5.82 Å². The molecule has 0 amide bonds. The molecule has 3 N–H and O–H groups in total. The minimum Gasteiger partial charge on any atom is -0.381 e. The second-order valence-corrected chi connectivity index (χ2v) is 8.81. The molecule has 1 aliphatic heterocycles. The highest BCUT2D eigenvalue weighted by Gasteiger charge is 2.21. The molecule has 2 aromatic carbocycles. The van der Waals surface area contributed by atoms with Gasteiger partial charge in [-0.15, -0.1) is 0 Å². The number of benzene rings is 2. The van der Waals surface area contributed by atoms with E-state index < -0.39 is 0 Å². The van der Waals surface area contributed by atoms with Gasteiger partial charge >= 0.3 is 0 Å². The minimum absolute atomic E-state index is 0.483. The Bertz CT molecular complexity index is 1500. The smallest absolute Gasteiger partial charge is 0.161 e. The first-order valence-corrected chi connectivity index (χ1v) is 11.8. The molecule has 178 valence electrons. The van der Waals surface area contributed by atoms with E-state index in [1.54, 1.807) is 0 Å². The van der Waals surface area contributed by atoms with Crippen LogP contribution in [0.1, 0.15) is 22.4 Å². The molecule has 5 aromatic rings. The number of pyridine rings is 1. The first-order valence-electron chi connectivity index (χ1n) is 11.8. The maximum Gasteiger partial charge on any atom is 0.161 e. The summed E-state index contributed by atoms with van der Waals surface area (Å²) >= 11 is 0. The van der Waals surface area contributed by atoms with Gasteiger partial charge < -0.3 is 15.4 Å². The van der Waals surface area contributed by atoms with Crippen LogP contribution in [-0.2, 0) is 24.5 Å². The van der Waals surface area contributed by atoms with Gasteiger partial charge in [0.25, 0.3) is 0 Å². The second kappa shape index (κ2) is 9.59. The standard InChI is InChI=1S/C28H25N7O/c1-18-9-19(12-29-11-18)13-30-24-4-2-3-21(10-24)27-34-26-17-36-16-25(26)28(35-27)33-23-7-5-20(6-8-23)22-14-31-32-15-22/h2-12,14-15,30H,13,16-17H2,1H3,(H,31,32)(H,33,34,35). The zero-order valence-corrected chi connectivity index (χ0v) is 19.8. The molecule has 6 rings (SSSR count). The predicted molar refractivity (Wildman–Crippen MR) is 140 cm³/mol. The molecule has 3 aromatic heterocycles. The summed E-state index contributed by atoms with van der Waals surface area (Å²) in [6.45, 7) is 3.72. The lowest BCUT2D eigenvalue weighted by Crippen LogP contribution is -2.04. The summed E-state index contributed by atoms with van der Waals surface area (Å²) in [5.41, 5.74) is 9.23. The molecular formula is C28H25N7O. The molecule has 0 unspecified atom stereocenters. The van der Waals surface area contributed by atoms with Crippen LogP contribution in [-0.4, -0.2) is 25.1 Å². The van der Waals surface area contributed by atoms with Gasteiger partial charge in [-0.3, -0.25) is 10.1 Å². The fourth-order valence-corrected chi connectivity index (χ4v) is 4.26. The van der Waals surface area contributed by atoms with Crippen molar-refractivity contribution in [3.05, 3.63) is 102 Å². The van der Waals surface area contributed by atoms with Crippen LogP contribution in [0.5, 0.6) is 0 Å². The van der Waals surface area contributed by atoms with E-state index in [2.05, 4.69) is 50.1 Å². The highest BCUT2D eigenvalue weighted by Crippen LogP contribution is 2.31. The lowest BCUT2D eigenvalue weighted by molar-refractivity contribution is 0.133. The molecular weight excluding hydrogens is 450 g/mol. The number of aryl methyl sites for hydroxylation is 1. The van der Waals surface area contributed by atoms with Crippen molar-refractivity contribution in [1.29, 1.82) is 0 Å². The summed E-state index contributed by atoms with van der Waals surface area (Å²) in [5.74, 6) is 1.44. The van der Waals surface area contributed by atoms with E-state index in [-0.39, 0.29) is 0 Å². The number of hydrogen-bond donors (Lipinski definition) is 3. The van der Waals surface area contributed by atoms with Crippen LogP contribution in [0.4, 0.5) is 17.2 Å². The number of hydrogen-bond acceptors (Lipinski definition) is 7. The molecule has 0 saturated heterocycles. The highest BCUT2D eigenvalue weighted by atomic mass is 16.5. The normalized spacial score (nSPS) is 12.4. The first-order chi connectivity index (χ1) is 17.7. The largest absolute Gasteiger partial charge is 0.381 e. The van der Waals surface area contributed by atoms with E-state index in [4.69, 9.17) is 14.7 Å². The van der Waals surface area contributed by atoms with E-state index in [1.807, 2.05) is 62.0 Å². The number of fused-ring (bicyclic) bond motifs is 1. The van der Waals surface area contributed by atoms with E-state index >= 15 is 0 Å². The third kappa shape index (κ3) is 4.67. The average Bonchev–Trinajstić information content (AvgIpc) is 3.61. The van der Waals surface area contributed by atoms with Gasteiger partial charge in [-0.2, -0.15) is 5.10 Å². The van der Waals surface area contributed by atoms with Crippen molar-refractivity contribution in [3.8, 4) is 22.5 Å². The van der Waals surface area contributed by atoms with Gasteiger partial charge in [0.2, 0.25) is 0 Å². The summed E-state index contributed by atoms with van der Waals surface area (Å²) < 4.78 is 5.70. The fraction of sp³-hybridized carbons (Fsp3) is 0.143. The summed E-state index contributed by atoms with van der Waals surface area (Å²) in [7, 11) is 0. The third-order valence-electron chi connectivity index (χ3n) is 6.11. The molecule has 0 fully saturated rings. The van der Waals surface area contributed by atoms with Crippen LogP contribution >= 0.6 is 0 Å². The molecule has 0 aliphatic carbocycles. The van der Waals surface area contributed by atoms with Crippen LogP contribution in [0.15, 0.2) is 79.4 Å². The first kappa shape index (κ1) is 21.9. The zero-order valence-electron chi connectivity index (χ0n) is 19.8. The van der Waals surface area contributed by atoms with Gasteiger partial charge in [0.05, 0.1) is 25.1 Å². The number of H-pyrrole nitrogens is 1. The maximum absolute atomic E-state index is 5.70. The summed E-state index contributed by atoms with van der Waals surface area (Å²) in [5, 5.41) is 13.8. The van der Waals surface area contributed by atoms with E-state index in [0.717, 1.165) is 56.3 Å². The Morgan fingerprint density at radius 3 is 2.64 bits per heavy atom. The van der Waals surface area contributed by atoms with E-state index in [0.29, 0.717) is 25.6 Å². The van der Waals surface area contributed by atoms with E-state index in [9.17, 15) is 0 Å². The van der Waals surface area contributed by atoms with Gasteiger partial charge in [0.15, 0.2) is 5.82 Å². The molecule has 4 heterocycles. The zero-order chi connectivity index (χ0) is 24.3. The summed E-state index contributed by atoms with van der Waals surface area (Å²) in [6, 6.07) is 18.5. The van der Waals surface area contributed by atoms with Crippen molar-refractivity contribution in [1.82, 2.24) is 25.1 Å². The predicted octanol–water partition coefficient (Wildman–Crippen LogP) is 5.62. The minimum atomic E-state index is 0.483. The van der Waals surface area contributed by atoms with Crippen LogP contribution < -0.4 is 10.6 Å². The van der Waals surface area contributed by atoms with Crippen molar-refractivity contribution in [2.24, 2.45) is 0 Å². The summed E-state index contributed by atoms with van der Waals surface area (Å²) in [6.07, 6.45) is 7.43. The second-order valence-electron chi connectivity index (χ2n) is 8.81. The van der Waals surface area contributed by atoms with Crippen molar-refractivity contribution >= 4 is 17.2 Å². The van der Waals surface area contributed by atoms with Gasteiger partial charge in [-0.25, -0.2) is 9.97 Å². The summed E-state index contributed by atoms with van der Waals surface area (Å²) in [4.78, 5) is 14.0. The Morgan fingerprint density at radius 2 is 1.81 bits per heavy atom. The lowest BCUT2D eigenvalue weighted by atomic mass is 10.1. The fourth-order valence-electron chi connectivity index (χ4n) is 4.26. The Morgan fingerprint density at radius 1 is 0.889 bits per heavy atom. The topological polar surface area (TPSA) is 101 Å². The van der Waals surface area contributed by atoms with Crippen LogP contribution in [0.2, 0.25) is 0 Å². The van der Waals surface area contributed by atoms with Crippen LogP contribution in [0, 0.1) is 6.92 Å². The lowest BCUT2D eigenvalue weighted by Gasteiger charge is -2.13.